The van der Waals surface area contributed by atoms with Crippen LogP contribution >= 0.6 is 11.8 Å². The van der Waals surface area contributed by atoms with Crippen LogP contribution < -0.4 is 4.90 Å². The maximum atomic E-state index is 13.3. The molecule has 0 unspecified atom stereocenters. The highest BCUT2D eigenvalue weighted by molar-refractivity contribution is 8.04. The minimum absolute atomic E-state index is 0.208. The van der Waals surface area contributed by atoms with E-state index >= 15 is 0 Å². The smallest absolute Gasteiger partial charge is 0.268 e. The zero-order valence-corrected chi connectivity index (χ0v) is 16.6. The standard InChI is InChI=1S/C22H23NO2S/c1-13(2)26-20-19(17-11-10-14(3)16(5)12-17)21(24)23(22(20)25)18-9-7-6-8-15(18)4/h6-13H,1-5H3. The second-order valence-electron chi connectivity index (χ2n) is 6.90. The average molecular weight is 365 g/mol. The van der Waals surface area contributed by atoms with Crippen molar-refractivity contribution in [2.75, 3.05) is 4.90 Å². The first-order valence-corrected chi connectivity index (χ1v) is 9.62. The number of aryl methyl sites for hydroxylation is 3. The van der Waals surface area contributed by atoms with E-state index in [0.29, 0.717) is 16.2 Å². The summed E-state index contributed by atoms with van der Waals surface area (Å²) in [6, 6.07) is 13.4. The Balaban J connectivity index is 2.16. The fourth-order valence-corrected chi connectivity index (χ4v) is 4.03. The molecule has 3 nitrogen and oxygen atoms in total. The van der Waals surface area contributed by atoms with Crippen LogP contribution in [0.2, 0.25) is 0 Å². The first-order chi connectivity index (χ1) is 12.3. The molecule has 1 aliphatic heterocycles. The van der Waals surface area contributed by atoms with Crippen molar-refractivity contribution >= 4 is 34.8 Å². The van der Waals surface area contributed by atoms with Gasteiger partial charge in [0, 0.05) is 5.25 Å². The first kappa shape index (κ1) is 18.5. The van der Waals surface area contributed by atoms with Crippen LogP contribution in [0.15, 0.2) is 47.4 Å². The highest BCUT2D eigenvalue weighted by atomic mass is 32.2. The highest BCUT2D eigenvalue weighted by Gasteiger charge is 2.41. The number of hydrogen-bond donors (Lipinski definition) is 0. The van der Waals surface area contributed by atoms with Gasteiger partial charge in [-0.2, -0.15) is 0 Å². The van der Waals surface area contributed by atoms with Gasteiger partial charge in [0.15, 0.2) is 0 Å². The summed E-state index contributed by atoms with van der Waals surface area (Å²) >= 11 is 1.46. The fraction of sp³-hybridized carbons (Fsp3) is 0.273. The van der Waals surface area contributed by atoms with E-state index in [1.54, 1.807) is 0 Å². The molecule has 0 fully saturated rings. The van der Waals surface area contributed by atoms with Crippen LogP contribution in [0.1, 0.15) is 36.1 Å². The number of nitrogens with zero attached hydrogens (tertiary/aromatic N) is 1. The van der Waals surface area contributed by atoms with Crippen LogP contribution in [0.5, 0.6) is 0 Å². The van der Waals surface area contributed by atoms with Crippen molar-refractivity contribution in [3.05, 3.63) is 69.6 Å². The molecule has 134 valence electrons. The van der Waals surface area contributed by atoms with Gasteiger partial charge < -0.3 is 0 Å². The number of anilines is 1. The molecule has 2 aromatic rings. The molecule has 26 heavy (non-hydrogen) atoms. The van der Waals surface area contributed by atoms with Crippen LogP contribution in [0.3, 0.4) is 0 Å². The van der Waals surface area contributed by atoms with Gasteiger partial charge in [-0.25, -0.2) is 4.90 Å². The monoisotopic (exact) mass is 365 g/mol. The topological polar surface area (TPSA) is 37.4 Å². The van der Waals surface area contributed by atoms with Crippen molar-refractivity contribution < 1.29 is 9.59 Å². The summed E-state index contributed by atoms with van der Waals surface area (Å²) < 4.78 is 0. The molecule has 4 heteroatoms. The van der Waals surface area contributed by atoms with Crippen molar-refractivity contribution in [1.82, 2.24) is 0 Å². The molecule has 0 aliphatic carbocycles. The van der Waals surface area contributed by atoms with E-state index in [9.17, 15) is 9.59 Å². The lowest BCUT2D eigenvalue weighted by molar-refractivity contribution is -0.119. The van der Waals surface area contributed by atoms with Crippen molar-refractivity contribution in [3.8, 4) is 0 Å². The Hall–Kier alpha value is -2.33. The summed E-state index contributed by atoms with van der Waals surface area (Å²) in [6.45, 7) is 10.0. The third-order valence-corrected chi connectivity index (χ3v) is 5.63. The van der Waals surface area contributed by atoms with Crippen LogP contribution in [-0.4, -0.2) is 17.1 Å². The maximum absolute atomic E-state index is 13.3. The van der Waals surface area contributed by atoms with Gasteiger partial charge >= 0.3 is 0 Å². The zero-order valence-electron chi connectivity index (χ0n) is 15.8. The van der Waals surface area contributed by atoms with Crippen molar-refractivity contribution in [3.63, 3.8) is 0 Å². The van der Waals surface area contributed by atoms with E-state index in [2.05, 4.69) is 0 Å². The number of amides is 2. The van der Waals surface area contributed by atoms with Gasteiger partial charge in [-0.3, -0.25) is 9.59 Å². The van der Waals surface area contributed by atoms with E-state index in [1.807, 2.05) is 77.1 Å². The number of carbonyl (C=O) groups is 2. The quantitative estimate of drug-likeness (QED) is 0.713. The van der Waals surface area contributed by atoms with Gasteiger partial charge in [-0.05, 0) is 49.1 Å². The third-order valence-electron chi connectivity index (χ3n) is 4.55. The average Bonchev–Trinajstić information content (AvgIpc) is 2.81. The van der Waals surface area contributed by atoms with Crippen molar-refractivity contribution in [2.45, 2.75) is 39.9 Å². The van der Waals surface area contributed by atoms with Crippen molar-refractivity contribution in [2.24, 2.45) is 0 Å². The van der Waals surface area contributed by atoms with Gasteiger partial charge in [0.25, 0.3) is 11.8 Å². The van der Waals surface area contributed by atoms with Crippen LogP contribution in [0.25, 0.3) is 5.57 Å². The Morgan fingerprint density at radius 3 is 2.15 bits per heavy atom. The predicted molar refractivity (Wildman–Crippen MR) is 109 cm³/mol. The third kappa shape index (κ3) is 3.21. The van der Waals surface area contributed by atoms with Gasteiger partial charge in [0.2, 0.25) is 0 Å². The Bertz CT molecular complexity index is 927. The normalized spacial score (nSPS) is 14.8. The Morgan fingerprint density at radius 2 is 1.54 bits per heavy atom. The summed E-state index contributed by atoms with van der Waals surface area (Å²) in [5.41, 5.74) is 5.16. The van der Waals surface area contributed by atoms with Gasteiger partial charge in [0.1, 0.15) is 0 Å². The number of para-hydroxylation sites is 1. The number of hydrogen-bond acceptors (Lipinski definition) is 3. The molecule has 1 heterocycles. The molecular formula is C22H23NO2S. The minimum Gasteiger partial charge on any atom is -0.268 e. The largest absolute Gasteiger partial charge is 0.272 e. The second kappa shape index (κ2) is 7.12. The van der Waals surface area contributed by atoms with E-state index in [4.69, 9.17) is 0 Å². The maximum Gasteiger partial charge on any atom is 0.272 e. The first-order valence-electron chi connectivity index (χ1n) is 8.74. The molecule has 3 rings (SSSR count). The van der Waals surface area contributed by atoms with E-state index in [0.717, 1.165) is 16.7 Å². The van der Waals surface area contributed by atoms with Gasteiger partial charge in [0.05, 0.1) is 16.2 Å². The van der Waals surface area contributed by atoms with Crippen LogP contribution in [0, 0.1) is 20.8 Å². The molecule has 0 aromatic heterocycles. The Kier molecular flexibility index (Phi) is 5.05. The summed E-state index contributed by atoms with van der Waals surface area (Å²) in [7, 11) is 0. The lowest BCUT2D eigenvalue weighted by atomic mass is 10.0. The molecule has 0 bridgehead atoms. The molecule has 0 atom stereocenters. The van der Waals surface area contributed by atoms with Crippen molar-refractivity contribution in [1.29, 1.82) is 0 Å². The van der Waals surface area contributed by atoms with Gasteiger partial charge in [-0.15, -0.1) is 11.8 Å². The molecule has 1 aliphatic rings. The molecular weight excluding hydrogens is 342 g/mol. The molecule has 2 aromatic carbocycles. The number of benzene rings is 2. The number of rotatable bonds is 4. The number of carbonyl (C=O) groups excluding carboxylic acids is 2. The summed E-state index contributed by atoms with van der Waals surface area (Å²) in [4.78, 5) is 28.3. The lowest BCUT2D eigenvalue weighted by Gasteiger charge is -2.17. The molecule has 2 amide bonds. The summed E-state index contributed by atoms with van der Waals surface area (Å²) in [5, 5.41) is 0.208. The van der Waals surface area contributed by atoms with Crippen LogP contribution in [0.4, 0.5) is 5.69 Å². The second-order valence-corrected chi connectivity index (χ2v) is 8.49. The van der Waals surface area contributed by atoms with Crippen LogP contribution in [-0.2, 0) is 9.59 Å². The molecule has 0 radical (unpaired) electrons. The fourth-order valence-electron chi connectivity index (χ4n) is 3.04. The van der Waals surface area contributed by atoms with Gasteiger partial charge in [-0.1, -0.05) is 50.2 Å². The molecule has 0 saturated heterocycles. The zero-order chi connectivity index (χ0) is 19.0. The summed E-state index contributed by atoms with van der Waals surface area (Å²) in [6.07, 6.45) is 0. The van der Waals surface area contributed by atoms with E-state index in [-0.39, 0.29) is 17.1 Å². The minimum atomic E-state index is -0.240. The predicted octanol–water partition coefficient (Wildman–Crippen LogP) is 5.04. The molecule has 0 saturated carbocycles. The lowest BCUT2D eigenvalue weighted by Crippen LogP contribution is -2.32. The van der Waals surface area contributed by atoms with E-state index < -0.39 is 0 Å². The SMILES string of the molecule is Cc1ccc(C2=C(SC(C)C)C(=O)N(c3ccccc3C)C2=O)cc1C. The Morgan fingerprint density at radius 1 is 0.846 bits per heavy atom. The number of thioether (sulfide) groups is 1. The number of imide groups is 1. The molecule has 0 spiro atoms. The summed E-state index contributed by atoms with van der Waals surface area (Å²) in [5.74, 6) is -0.466. The molecule has 0 N–H and O–H groups in total. The van der Waals surface area contributed by atoms with E-state index in [1.165, 1.54) is 22.2 Å². The Labute approximate surface area is 159 Å². The highest BCUT2D eigenvalue weighted by Crippen LogP contribution is 2.40.